The lowest BCUT2D eigenvalue weighted by Crippen LogP contribution is -2.19. The van der Waals surface area contributed by atoms with Gasteiger partial charge in [-0.1, -0.05) is 46.3 Å². The van der Waals surface area contributed by atoms with Gasteiger partial charge in [0.2, 0.25) is 0 Å². The van der Waals surface area contributed by atoms with Crippen molar-refractivity contribution in [1.29, 1.82) is 5.26 Å². The molecule has 1 unspecified atom stereocenters. The van der Waals surface area contributed by atoms with Gasteiger partial charge >= 0.3 is 6.18 Å². The lowest BCUT2D eigenvalue weighted by Gasteiger charge is -2.17. The summed E-state index contributed by atoms with van der Waals surface area (Å²) >= 11 is 3.33. The fourth-order valence-electron chi connectivity index (χ4n) is 2.15. The van der Waals surface area contributed by atoms with E-state index in [-0.39, 0.29) is 5.56 Å². The number of allylic oxidation sites excluding steroid dienone is 1. The second-order valence-electron chi connectivity index (χ2n) is 5.24. The van der Waals surface area contributed by atoms with Crippen molar-refractivity contribution in [3.8, 4) is 6.07 Å². The van der Waals surface area contributed by atoms with Crippen LogP contribution in [0.4, 0.5) is 17.6 Å². The number of alkyl halides is 3. The van der Waals surface area contributed by atoms with Crippen LogP contribution in [-0.2, 0) is 0 Å². The van der Waals surface area contributed by atoms with E-state index in [1.165, 1.54) is 6.08 Å². The molecule has 24 heavy (non-hydrogen) atoms. The van der Waals surface area contributed by atoms with Crippen LogP contribution in [0.2, 0.25) is 0 Å². The number of rotatable bonds is 3. The van der Waals surface area contributed by atoms with Crippen molar-refractivity contribution in [1.82, 2.24) is 0 Å². The summed E-state index contributed by atoms with van der Waals surface area (Å²) in [6.07, 6.45) is -2.19. The van der Waals surface area contributed by atoms with Gasteiger partial charge in [-0.15, -0.1) is 0 Å². The molecule has 6 heteroatoms. The molecule has 0 amide bonds. The summed E-state index contributed by atoms with van der Waals surface area (Å²) in [4.78, 5) is 0. The fourth-order valence-corrected chi connectivity index (χ4v) is 2.55. The van der Waals surface area contributed by atoms with E-state index in [2.05, 4.69) is 15.9 Å². The van der Waals surface area contributed by atoms with Crippen molar-refractivity contribution in [3.63, 3.8) is 0 Å². The highest BCUT2D eigenvalue weighted by atomic mass is 79.9. The maximum atomic E-state index is 13.4. The van der Waals surface area contributed by atoms with Gasteiger partial charge in [0.15, 0.2) is 0 Å². The van der Waals surface area contributed by atoms with E-state index in [0.717, 1.165) is 34.3 Å². The standard InChI is InChI=1S/C18H12BrF4N/c1-11-2-3-12(8-16(11)19)4-6-15(18(21,22)23)13-5-7-17(20)14(9-13)10-24/h2-9,15H,1H3/b6-4+. The van der Waals surface area contributed by atoms with E-state index in [4.69, 9.17) is 5.26 Å². The second kappa shape index (κ2) is 7.18. The van der Waals surface area contributed by atoms with Crippen LogP contribution in [0, 0.1) is 24.1 Å². The van der Waals surface area contributed by atoms with Crippen LogP contribution in [0.3, 0.4) is 0 Å². The molecular formula is C18H12BrF4N. The van der Waals surface area contributed by atoms with Crippen molar-refractivity contribution in [2.75, 3.05) is 0 Å². The predicted molar refractivity (Wildman–Crippen MR) is 87.8 cm³/mol. The molecule has 0 aliphatic heterocycles. The molecule has 0 spiro atoms. The van der Waals surface area contributed by atoms with Gasteiger partial charge in [0.1, 0.15) is 11.9 Å². The first kappa shape index (κ1) is 18.2. The van der Waals surface area contributed by atoms with Crippen LogP contribution in [0.25, 0.3) is 6.08 Å². The van der Waals surface area contributed by atoms with Crippen LogP contribution in [0.5, 0.6) is 0 Å². The minimum Gasteiger partial charge on any atom is -0.206 e. The van der Waals surface area contributed by atoms with Gasteiger partial charge in [-0.05, 0) is 41.8 Å². The number of nitriles is 1. The third-order valence-electron chi connectivity index (χ3n) is 3.50. The van der Waals surface area contributed by atoms with Crippen molar-refractivity contribution in [3.05, 3.63) is 75.0 Å². The number of aryl methyl sites for hydroxylation is 1. The monoisotopic (exact) mass is 397 g/mol. The number of hydrogen-bond donors (Lipinski definition) is 0. The highest BCUT2D eigenvalue weighted by molar-refractivity contribution is 9.10. The van der Waals surface area contributed by atoms with Crippen LogP contribution in [0.1, 0.15) is 28.2 Å². The molecule has 0 bridgehead atoms. The molecule has 0 radical (unpaired) electrons. The van der Waals surface area contributed by atoms with Gasteiger partial charge in [0.25, 0.3) is 0 Å². The molecular weight excluding hydrogens is 386 g/mol. The molecule has 124 valence electrons. The van der Waals surface area contributed by atoms with Gasteiger partial charge in [-0.25, -0.2) is 4.39 Å². The van der Waals surface area contributed by atoms with Crippen LogP contribution >= 0.6 is 15.9 Å². The molecule has 0 N–H and O–H groups in total. The number of benzene rings is 2. The van der Waals surface area contributed by atoms with Crippen molar-refractivity contribution >= 4 is 22.0 Å². The molecule has 0 aliphatic carbocycles. The summed E-state index contributed by atoms with van der Waals surface area (Å²) in [5.74, 6) is -2.76. The Morgan fingerprint density at radius 1 is 1.17 bits per heavy atom. The molecule has 2 aromatic rings. The summed E-state index contributed by atoms with van der Waals surface area (Å²) in [6, 6.07) is 9.62. The summed E-state index contributed by atoms with van der Waals surface area (Å²) in [7, 11) is 0. The largest absolute Gasteiger partial charge is 0.399 e. The van der Waals surface area contributed by atoms with E-state index in [9.17, 15) is 17.6 Å². The predicted octanol–water partition coefficient (Wildman–Crippen LogP) is 6.13. The van der Waals surface area contributed by atoms with Gasteiger partial charge in [-0.2, -0.15) is 18.4 Å². The Hall–Kier alpha value is -2.13. The Morgan fingerprint density at radius 2 is 1.88 bits per heavy atom. The van der Waals surface area contributed by atoms with Gasteiger partial charge in [-0.3, -0.25) is 0 Å². The first-order valence-corrected chi connectivity index (χ1v) is 7.72. The number of hydrogen-bond acceptors (Lipinski definition) is 1. The molecule has 0 aromatic heterocycles. The summed E-state index contributed by atoms with van der Waals surface area (Å²) < 4.78 is 54.2. The minimum absolute atomic E-state index is 0.178. The molecule has 0 aliphatic rings. The van der Waals surface area contributed by atoms with Crippen LogP contribution in [0.15, 0.2) is 46.9 Å². The van der Waals surface area contributed by atoms with E-state index in [0.29, 0.717) is 5.56 Å². The lowest BCUT2D eigenvalue weighted by molar-refractivity contribution is -0.139. The Balaban J connectivity index is 2.41. The van der Waals surface area contributed by atoms with Crippen LogP contribution in [-0.4, -0.2) is 6.18 Å². The molecule has 0 saturated carbocycles. The van der Waals surface area contributed by atoms with Gasteiger partial charge in [0.05, 0.1) is 11.5 Å². The lowest BCUT2D eigenvalue weighted by atomic mass is 9.95. The zero-order valence-corrected chi connectivity index (χ0v) is 14.1. The Bertz CT molecular complexity index is 819. The molecule has 2 rings (SSSR count). The normalized spacial score (nSPS) is 13.0. The second-order valence-corrected chi connectivity index (χ2v) is 6.09. The van der Waals surface area contributed by atoms with E-state index in [1.807, 2.05) is 6.92 Å². The maximum absolute atomic E-state index is 13.4. The van der Waals surface area contributed by atoms with Gasteiger partial charge < -0.3 is 0 Å². The Labute approximate surface area is 145 Å². The Kier molecular flexibility index (Phi) is 5.45. The Morgan fingerprint density at radius 3 is 2.46 bits per heavy atom. The van der Waals surface area contributed by atoms with Crippen LogP contribution < -0.4 is 0 Å². The topological polar surface area (TPSA) is 23.8 Å². The smallest absolute Gasteiger partial charge is 0.206 e. The van der Waals surface area contributed by atoms with E-state index < -0.39 is 23.5 Å². The maximum Gasteiger partial charge on any atom is 0.399 e. The zero-order chi connectivity index (χ0) is 17.9. The molecule has 0 heterocycles. The average molecular weight is 398 g/mol. The third-order valence-corrected chi connectivity index (χ3v) is 4.35. The molecule has 1 nitrogen and oxygen atoms in total. The fraction of sp³-hybridized carbons (Fsp3) is 0.167. The highest BCUT2D eigenvalue weighted by Gasteiger charge is 2.39. The molecule has 0 saturated heterocycles. The third kappa shape index (κ3) is 4.24. The first-order valence-electron chi connectivity index (χ1n) is 6.93. The van der Waals surface area contributed by atoms with Crippen molar-refractivity contribution in [2.45, 2.75) is 19.0 Å². The van der Waals surface area contributed by atoms with Crippen molar-refractivity contribution < 1.29 is 17.6 Å². The molecule has 2 aromatic carbocycles. The molecule has 1 atom stereocenters. The summed E-state index contributed by atoms with van der Waals surface area (Å²) in [5.41, 5.74) is 0.983. The van der Waals surface area contributed by atoms with E-state index in [1.54, 1.807) is 24.3 Å². The number of nitrogens with zero attached hydrogens (tertiary/aromatic N) is 1. The van der Waals surface area contributed by atoms with Gasteiger partial charge in [0, 0.05) is 4.47 Å². The SMILES string of the molecule is Cc1ccc(/C=C/C(c2ccc(F)c(C#N)c2)C(F)(F)F)cc1Br. The quantitative estimate of drug-likeness (QED) is 0.571. The molecule has 0 fully saturated rings. The van der Waals surface area contributed by atoms with E-state index >= 15 is 0 Å². The summed E-state index contributed by atoms with van der Waals surface area (Å²) in [5, 5.41) is 8.80. The zero-order valence-electron chi connectivity index (χ0n) is 12.5. The number of halogens is 5. The highest BCUT2D eigenvalue weighted by Crippen LogP contribution is 2.37. The summed E-state index contributed by atoms with van der Waals surface area (Å²) in [6.45, 7) is 1.87. The average Bonchev–Trinajstić information content (AvgIpc) is 2.51. The first-order chi connectivity index (χ1) is 11.2. The van der Waals surface area contributed by atoms with Crippen molar-refractivity contribution in [2.24, 2.45) is 0 Å². The minimum atomic E-state index is -4.55.